The highest BCUT2D eigenvalue weighted by molar-refractivity contribution is 7.89. The van der Waals surface area contributed by atoms with Crippen LogP contribution in [-0.4, -0.2) is 26.0 Å². The molecule has 0 unspecified atom stereocenters. The fourth-order valence-corrected chi connectivity index (χ4v) is 3.18. The van der Waals surface area contributed by atoms with E-state index in [9.17, 15) is 8.42 Å². The molecule has 0 aromatic carbocycles. The van der Waals surface area contributed by atoms with Crippen molar-refractivity contribution >= 4 is 15.8 Å². The van der Waals surface area contributed by atoms with Crippen LogP contribution in [0.2, 0.25) is 0 Å². The second-order valence-corrected chi connectivity index (χ2v) is 5.70. The van der Waals surface area contributed by atoms with Crippen LogP contribution in [-0.2, 0) is 10.0 Å². The van der Waals surface area contributed by atoms with Crippen molar-refractivity contribution in [1.29, 1.82) is 0 Å². The first kappa shape index (κ1) is 14.9. The van der Waals surface area contributed by atoms with Crippen molar-refractivity contribution < 1.29 is 8.42 Å². The smallest absolute Gasteiger partial charge is 0.244 e. The van der Waals surface area contributed by atoms with Crippen molar-refractivity contribution in [1.82, 2.24) is 9.71 Å². The fourth-order valence-electron chi connectivity index (χ4n) is 1.65. The zero-order valence-electron chi connectivity index (χ0n) is 11.1. The number of nitrogens with one attached hydrogen (secondary N) is 2. The lowest BCUT2D eigenvalue weighted by molar-refractivity contribution is 0.530. The minimum absolute atomic E-state index is 0.0373. The summed E-state index contributed by atoms with van der Waals surface area (Å²) in [6, 6.07) is 3.16. The van der Waals surface area contributed by atoms with E-state index in [0.717, 1.165) is 12.8 Å². The summed E-state index contributed by atoms with van der Waals surface area (Å²) in [6.07, 6.45) is 3.12. The van der Waals surface area contributed by atoms with Crippen LogP contribution in [0.15, 0.2) is 23.2 Å². The van der Waals surface area contributed by atoms with Crippen LogP contribution in [0.3, 0.4) is 0 Å². The Morgan fingerprint density at radius 2 is 1.94 bits per heavy atom. The van der Waals surface area contributed by atoms with Crippen molar-refractivity contribution in [3.05, 3.63) is 18.3 Å². The SMILES string of the molecule is CCNc1ncccc1S(=O)(=O)NC(CC)CC. The van der Waals surface area contributed by atoms with E-state index >= 15 is 0 Å². The Bertz CT molecular complexity index is 470. The van der Waals surface area contributed by atoms with Crippen molar-refractivity contribution in [2.24, 2.45) is 0 Å². The van der Waals surface area contributed by atoms with E-state index in [-0.39, 0.29) is 10.9 Å². The summed E-state index contributed by atoms with van der Waals surface area (Å²) in [5, 5.41) is 2.96. The molecule has 0 aliphatic rings. The van der Waals surface area contributed by atoms with Gasteiger partial charge in [0, 0.05) is 18.8 Å². The molecular formula is C12H21N3O2S. The molecule has 0 amide bonds. The number of hydrogen-bond donors (Lipinski definition) is 2. The van der Waals surface area contributed by atoms with Crippen molar-refractivity contribution in [3.63, 3.8) is 0 Å². The molecule has 0 aliphatic carbocycles. The minimum atomic E-state index is -3.51. The van der Waals surface area contributed by atoms with Crippen molar-refractivity contribution in [2.45, 2.75) is 44.6 Å². The predicted octanol–water partition coefficient (Wildman–Crippen LogP) is 1.98. The molecule has 0 bridgehead atoms. The zero-order chi connectivity index (χ0) is 13.6. The van der Waals surface area contributed by atoms with Crippen LogP contribution in [0.5, 0.6) is 0 Å². The molecule has 0 spiro atoms. The van der Waals surface area contributed by atoms with Crippen LogP contribution in [0.1, 0.15) is 33.6 Å². The Kier molecular flexibility index (Phi) is 5.55. The highest BCUT2D eigenvalue weighted by atomic mass is 32.2. The van der Waals surface area contributed by atoms with Gasteiger partial charge in [-0.2, -0.15) is 0 Å². The number of aromatic nitrogens is 1. The molecule has 102 valence electrons. The first-order valence-electron chi connectivity index (χ1n) is 6.26. The topological polar surface area (TPSA) is 71.1 Å². The van der Waals surface area contributed by atoms with Crippen LogP contribution in [0.25, 0.3) is 0 Å². The number of sulfonamides is 1. The predicted molar refractivity (Wildman–Crippen MR) is 73.1 cm³/mol. The lowest BCUT2D eigenvalue weighted by atomic mass is 10.2. The molecule has 0 saturated heterocycles. The van der Waals surface area contributed by atoms with E-state index in [2.05, 4.69) is 15.0 Å². The summed E-state index contributed by atoms with van der Waals surface area (Å²) in [6.45, 7) is 6.46. The highest BCUT2D eigenvalue weighted by Gasteiger charge is 2.21. The highest BCUT2D eigenvalue weighted by Crippen LogP contribution is 2.18. The Morgan fingerprint density at radius 3 is 2.50 bits per heavy atom. The van der Waals surface area contributed by atoms with Gasteiger partial charge in [-0.3, -0.25) is 0 Å². The summed E-state index contributed by atoms with van der Waals surface area (Å²) in [7, 11) is -3.51. The Hall–Kier alpha value is -1.14. The van der Waals surface area contributed by atoms with Crippen molar-refractivity contribution in [3.8, 4) is 0 Å². The molecule has 0 fully saturated rings. The van der Waals surface area contributed by atoms with Gasteiger partial charge in [-0.05, 0) is 31.9 Å². The zero-order valence-corrected chi connectivity index (χ0v) is 11.9. The molecule has 6 heteroatoms. The van der Waals surface area contributed by atoms with E-state index in [0.29, 0.717) is 12.4 Å². The molecule has 1 aromatic rings. The van der Waals surface area contributed by atoms with Crippen LogP contribution in [0, 0.1) is 0 Å². The lowest BCUT2D eigenvalue weighted by Crippen LogP contribution is -2.34. The largest absolute Gasteiger partial charge is 0.369 e. The summed E-state index contributed by atoms with van der Waals surface area (Å²) < 4.78 is 27.2. The molecule has 1 heterocycles. The third kappa shape index (κ3) is 3.68. The third-order valence-corrected chi connectivity index (χ3v) is 4.26. The van der Waals surface area contributed by atoms with Gasteiger partial charge in [0.15, 0.2) is 0 Å². The molecule has 1 aromatic heterocycles. The minimum Gasteiger partial charge on any atom is -0.369 e. The third-order valence-electron chi connectivity index (χ3n) is 2.71. The molecule has 0 aliphatic heterocycles. The normalized spacial score (nSPS) is 11.8. The maximum Gasteiger partial charge on any atom is 0.244 e. The lowest BCUT2D eigenvalue weighted by Gasteiger charge is -2.16. The maximum atomic E-state index is 12.3. The molecule has 0 saturated carbocycles. The van der Waals surface area contributed by atoms with E-state index in [1.54, 1.807) is 18.3 Å². The number of nitrogens with zero attached hydrogens (tertiary/aromatic N) is 1. The van der Waals surface area contributed by atoms with Gasteiger partial charge in [0.25, 0.3) is 0 Å². The average Bonchev–Trinajstić information content (AvgIpc) is 2.37. The first-order chi connectivity index (χ1) is 8.55. The van der Waals surface area contributed by atoms with E-state index in [1.165, 1.54) is 0 Å². The number of pyridine rings is 1. The van der Waals surface area contributed by atoms with Crippen LogP contribution < -0.4 is 10.0 Å². The second kappa shape index (κ2) is 6.70. The summed E-state index contributed by atoms with van der Waals surface area (Å²) in [5.41, 5.74) is 0. The number of anilines is 1. The number of hydrogen-bond acceptors (Lipinski definition) is 4. The summed E-state index contributed by atoms with van der Waals surface area (Å²) in [5.74, 6) is 0.401. The van der Waals surface area contributed by atoms with Gasteiger partial charge in [-0.25, -0.2) is 18.1 Å². The summed E-state index contributed by atoms with van der Waals surface area (Å²) in [4.78, 5) is 4.27. The fraction of sp³-hybridized carbons (Fsp3) is 0.583. The van der Waals surface area contributed by atoms with Gasteiger partial charge >= 0.3 is 0 Å². The monoisotopic (exact) mass is 271 g/mol. The molecule has 2 N–H and O–H groups in total. The Labute approximate surface area is 109 Å². The van der Waals surface area contributed by atoms with Gasteiger partial charge in [0.1, 0.15) is 10.7 Å². The van der Waals surface area contributed by atoms with E-state index in [4.69, 9.17) is 0 Å². The molecular weight excluding hydrogens is 250 g/mol. The van der Waals surface area contributed by atoms with Crippen LogP contribution in [0.4, 0.5) is 5.82 Å². The van der Waals surface area contributed by atoms with Gasteiger partial charge in [0.2, 0.25) is 10.0 Å². The molecule has 0 atom stereocenters. The molecule has 18 heavy (non-hydrogen) atoms. The van der Waals surface area contributed by atoms with Crippen LogP contribution >= 0.6 is 0 Å². The molecule has 5 nitrogen and oxygen atoms in total. The second-order valence-electron chi connectivity index (χ2n) is 4.02. The maximum absolute atomic E-state index is 12.3. The van der Waals surface area contributed by atoms with Gasteiger partial charge in [-0.15, -0.1) is 0 Å². The summed E-state index contributed by atoms with van der Waals surface area (Å²) >= 11 is 0. The van der Waals surface area contributed by atoms with E-state index in [1.807, 2.05) is 20.8 Å². The Balaban J connectivity index is 3.04. The van der Waals surface area contributed by atoms with E-state index < -0.39 is 10.0 Å². The standard InChI is InChI=1S/C12H21N3O2S/c1-4-10(5-2)15-18(16,17)11-8-7-9-14-12(11)13-6-3/h7-10,15H,4-6H2,1-3H3,(H,13,14). The van der Waals surface area contributed by atoms with Gasteiger partial charge < -0.3 is 5.32 Å². The average molecular weight is 271 g/mol. The molecule has 0 radical (unpaired) electrons. The number of rotatable bonds is 7. The first-order valence-corrected chi connectivity index (χ1v) is 7.74. The molecule has 1 rings (SSSR count). The van der Waals surface area contributed by atoms with Gasteiger partial charge in [0.05, 0.1) is 0 Å². The quantitative estimate of drug-likeness (QED) is 0.795. The van der Waals surface area contributed by atoms with Crippen molar-refractivity contribution in [2.75, 3.05) is 11.9 Å². The Morgan fingerprint density at radius 1 is 1.28 bits per heavy atom. The van der Waals surface area contributed by atoms with Gasteiger partial charge in [-0.1, -0.05) is 13.8 Å².